The topological polar surface area (TPSA) is 41.8 Å². The van der Waals surface area contributed by atoms with Crippen molar-refractivity contribution in [1.82, 2.24) is 4.98 Å². The molecule has 8 heavy (non-hydrogen) atoms. The van der Waals surface area contributed by atoms with Crippen molar-refractivity contribution >= 4 is 28.6 Å². The SMILES string of the molecule is Cc1[nH]c(=S)sc1N. The fourth-order valence-electron chi connectivity index (χ4n) is 0.417. The number of rotatable bonds is 0. The van der Waals surface area contributed by atoms with Crippen LogP contribution in [-0.2, 0) is 0 Å². The van der Waals surface area contributed by atoms with E-state index in [1.807, 2.05) is 6.92 Å². The van der Waals surface area contributed by atoms with Crippen LogP contribution in [-0.4, -0.2) is 4.98 Å². The molecule has 0 aliphatic rings. The minimum absolute atomic E-state index is 0.750. The Hall–Kier alpha value is -0.350. The summed E-state index contributed by atoms with van der Waals surface area (Å²) in [4.78, 5) is 2.92. The summed E-state index contributed by atoms with van der Waals surface area (Å²) in [5.41, 5.74) is 6.43. The highest BCUT2D eigenvalue weighted by Gasteiger charge is 1.92. The Morgan fingerprint density at radius 3 is 2.50 bits per heavy atom. The normalized spacial score (nSPS) is 9.62. The highest BCUT2D eigenvalue weighted by atomic mass is 32.1. The van der Waals surface area contributed by atoms with E-state index in [1.54, 1.807) is 0 Å². The van der Waals surface area contributed by atoms with Gasteiger partial charge in [0.1, 0.15) is 5.00 Å². The van der Waals surface area contributed by atoms with Crippen molar-refractivity contribution in [2.45, 2.75) is 6.92 Å². The van der Waals surface area contributed by atoms with Gasteiger partial charge < -0.3 is 10.7 Å². The minimum atomic E-state index is 0.750. The van der Waals surface area contributed by atoms with E-state index in [-0.39, 0.29) is 0 Å². The maximum Gasteiger partial charge on any atom is 0.160 e. The molecule has 1 heterocycles. The highest BCUT2D eigenvalue weighted by Crippen LogP contribution is 2.15. The average molecular weight is 146 g/mol. The summed E-state index contributed by atoms with van der Waals surface area (Å²) in [5, 5.41) is 0.787. The van der Waals surface area contributed by atoms with Crippen LogP contribution in [0.4, 0.5) is 5.00 Å². The van der Waals surface area contributed by atoms with E-state index in [2.05, 4.69) is 4.98 Å². The third-order valence-electron chi connectivity index (χ3n) is 0.862. The molecule has 0 fully saturated rings. The van der Waals surface area contributed by atoms with Gasteiger partial charge in [0.2, 0.25) is 0 Å². The molecule has 0 aliphatic heterocycles. The number of aromatic nitrogens is 1. The molecule has 0 amide bonds. The third-order valence-corrected chi connectivity index (χ3v) is 2.03. The van der Waals surface area contributed by atoms with Gasteiger partial charge in [-0.05, 0) is 19.1 Å². The average Bonchev–Trinajstić information content (AvgIpc) is 1.85. The summed E-state index contributed by atoms with van der Waals surface area (Å²) in [6.07, 6.45) is 0. The Bertz CT molecular complexity index is 212. The van der Waals surface area contributed by atoms with Gasteiger partial charge >= 0.3 is 0 Å². The summed E-state index contributed by atoms with van der Waals surface area (Å²) in [7, 11) is 0. The van der Waals surface area contributed by atoms with Crippen molar-refractivity contribution in [3.05, 3.63) is 9.65 Å². The molecule has 0 atom stereocenters. The zero-order valence-electron chi connectivity index (χ0n) is 4.39. The number of nitrogens with two attached hydrogens (primary N) is 1. The van der Waals surface area contributed by atoms with Crippen LogP contribution in [0.25, 0.3) is 0 Å². The number of H-pyrrole nitrogens is 1. The van der Waals surface area contributed by atoms with Gasteiger partial charge in [-0.2, -0.15) is 0 Å². The van der Waals surface area contributed by atoms with Gasteiger partial charge in [-0.3, -0.25) is 0 Å². The number of hydrogen-bond acceptors (Lipinski definition) is 3. The van der Waals surface area contributed by atoms with Gasteiger partial charge in [-0.15, -0.1) is 0 Å². The highest BCUT2D eigenvalue weighted by molar-refractivity contribution is 7.73. The Balaban J connectivity index is 3.35. The molecule has 0 aromatic carbocycles. The van der Waals surface area contributed by atoms with Crippen molar-refractivity contribution in [1.29, 1.82) is 0 Å². The van der Waals surface area contributed by atoms with Gasteiger partial charge in [-0.1, -0.05) is 11.3 Å². The fourth-order valence-corrected chi connectivity index (χ4v) is 1.45. The van der Waals surface area contributed by atoms with Crippen LogP contribution in [0.1, 0.15) is 5.69 Å². The second-order valence-corrected chi connectivity index (χ2v) is 3.22. The van der Waals surface area contributed by atoms with E-state index in [0.29, 0.717) is 0 Å². The predicted molar refractivity (Wildman–Crippen MR) is 38.7 cm³/mol. The lowest BCUT2D eigenvalue weighted by Gasteiger charge is -1.80. The van der Waals surface area contributed by atoms with Crippen molar-refractivity contribution in [2.75, 3.05) is 5.73 Å². The standard InChI is InChI=1S/C4H6N2S2/c1-2-3(5)8-4(7)6-2/h5H2,1H3,(H,6,7). The lowest BCUT2D eigenvalue weighted by atomic mass is 10.5. The molecule has 4 heteroatoms. The second-order valence-electron chi connectivity index (χ2n) is 1.50. The van der Waals surface area contributed by atoms with Gasteiger partial charge in [0.05, 0.1) is 0 Å². The molecule has 0 spiro atoms. The maximum absolute atomic E-state index is 5.46. The van der Waals surface area contributed by atoms with E-state index >= 15 is 0 Å². The lowest BCUT2D eigenvalue weighted by Crippen LogP contribution is -1.80. The summed E-state index contributed by atoms with van der Waals surface area (Å²) in [6, 6.07) is 0. The number of aryl methyl sites for hydroxylation is 1. The van der Waals surface area contributed by atoms with Crippen LogP contribution in [0.3, 0.4) is 0 Å². The molecule has 0 saturated heterocycles. The number of nitrogens with one attached hydrogen (secondary N) is 1. The van der Waals surface area contributed by atoms with E-state index in [0.717, 1.165) is 14.6 Å². The Morgan fingerprint density at radius 2 is 2.38 bits per heavy atom. The quantitative estimate of drug-likeness (QED) is 0.547. The van der Waals surface area contributed by atoms with E-state index < -0.39 is 0 Å². The van der Waals surface area contributed by atoms with Gasteiger partial charge in [0.25, 0.3) is 0 Å². The Labute approximate surface area is 56.4 Å². The molecule has 1 aromatic rings. The molecule has 0 bridgehead atoms. The fraction of sp³-hybridized carbons (Fsp3) is 0.250. The van der Waals surface area contributed by atoms with Crippen molar-refractivity contribution in [3.63, 3.8) is 0 Å². The van der Waals surface area contributed by atoms with Gasteiger partial charge in [-0.25, -0.2) is 0 Å². The van der Waals surface area contributed by atoms with Gasteiger partial charge in [0, 0.05) is 5.69 Å². The van der Waals surface area contributed by atoms with Crippen LogP contribution in [0.15, 0.2) is 0 Å². The number of anilines is 1. The smallest absolute Gasteiger partial charge is 0.160 e. The van der Waals surface area contributed by atoms with E-state index in [9.17, 15) is 0 Å². The van der Waals surface area contributed by atoms with Crippen molar-refractivity contribution in [3.8, 4) is 0 Å². The zero-order valence-corrected chi connectivity index (χ0v) is 6.03. The molecule has 44 valence electrons. The summed E-state index contributed by atoms with van der Waals surface area (Å²) >= 11 is 6.21. The van der Waals surface area contributed by atoms with Crippen molar-refractivity contribution in [2.24, 2.45) is 0 Å². The molecular weight excluding hydrogens is 140 g/mol. The molecule has 3 N–H and O–H groups in total. The summed E-state index contributed by atoms with van der Waals surface area (Å²) < 4.78 is 0.750. The number of nitrogen functional groups attached to an aromatic ring is 1. The minimum Gasteiger partial charge on any atom is -0.389 e. The summed E-state index contributed by atoms with van der Waals surface area (Å²) in [5.74, 6) is 0. The molecule has 0 saturated carbocycles. The van der Waals surface area contributed by atoms with Gasteiger partial charge in [0.15, 0.2) is 3.95 Å². The number of aromatic amines is 1. The Kier molecular flexibility index (Phi) is 1.35. The first kappa shape index (κ1) is 5.78. The summed E-state index contributed by atoms with van der Waals surface area (Å²) in [6.45, 7) is 1.90. The second kappa shape index (κ2) is 1.87. The molecule has 1 rings (SSSR count). The molecule has 0 unspecified atom stereocenters. The molecular formula is C4H6N2S2. The third kappa shape index (κ3) is 0.900. The van der Waals surface area contributed by atoms with Crippen LogP contribution >= 0.6 is 23.6 Å². The number of hydrogen-bond donors (Lipinski definition) is 2. The maximum atomic E-state index is 5.46. The van der Waals surface area contributed by atoms with Crippen LogP contribution in [0.5, 0.6) is 0 Å². The van der Waals surface area contributed by atoms with Crippen LogP contribution < -0.4 is 5.73 Å². The van der Waals surface area contributed by atoms with E-state index in [1.165, 1.54) is 11.3 Å². The van der Waals surface area contributed by atoms with Crippen molar-refractivity contribution < 1.29 is 0 Å². The molecule has 0 aliphatic carbocycles. The van der Waals surface area contributed by atoms with E-state index in [4.69, 9.17) is 18.0 Å². The molecule has 1 aromatic heterocycles. The predicted octanol–water partition coefficient (Wildman–Crippen LogP) is 1.70. The van der Waals surface area contributed by atoms with Crippen LogP contribution in [0.2, 0.25) is 0 Å². The largest absolute Gasteiger partial charge is 0.389 e. The first-order valence-corrected chi connectivity index (χ1v) is 3.38. The molecule has 2 nitrogen and oxygen atoms in total. The number of thiazole rings is 1. The lowest BCUT2D eigenvalue weighted by molar-refractivity contribution is 1.26. The first-order valence-electron chi connectivity index (χ1n) is 2.15. The Morgan fingerprint density at radius 1 is 1.75 bits per heavy atom. The molecule has 0 radical (unpaired) electrons. The first-order chi connectivity index (χ1) is 3.70. The zero-order chi connectivity index (χ0) is 6.15. The monoisotopic (exact) mass is 146 g/mol. The van der Waals surface area contributed by atoms with Crippen LogP contribution in [0, 0.1) is 10.9 Å².